The molecule has 2 aliphatic heterocycles. The third kappa shape index (κ3) is 1.41. The highest BCUT2D eigenvalue weighted by Crippen LogP contribution is 2.39. The van der Waals surface area contributed by atoms with Gasteiger partial charge in [-0.2, -0.15) is 0 Å². The van der Waals surface area contributed by atoms with Gasteiger partial charge in [-0.15, -0.1) is 0 Å². The fourth-order valence-corrected chi connectivity index (χ4v) is 2.30. The highest BCUT2D eigenvalue weighted by molar-refractivity contribution is 5.69. The molecule has 14 heavy (non-hydrogen) atoms. The van der Waals surface area contributed by atoms with Crippen LogP contribution in [0.1, 0.15) is 0 Å². The van der Waals surface area contributed by atoms with Gasteiger partial charge in [0.15, 0.2) is 0 Å². The maximum Gasteiger partial charge on any atom is 0.407 e. The van der Waals surface area contributed by atoms with Gasteiger partial charge in [-0.3, -0.25) is 9.69 Å². The Morgan fingerprint density at radius 2 is 1.71 bits per heavy atom. The minimum absolute atomic E-state index is 0.0633. The Labute approximate surface area is 80.7 Å². The monoisotopic (exact) mass is 200 g/mol. The van der Waals surface area contributed by atoms with Crippen molar-refractivity contribution in [2.45, 2.75) is 0 Å². The van der Waals surface area contributed by atoms with E-state index in [4.69, 9.17) is 10.2 Å². The van der Waals surface area contributed by atoms with Gasteiger partial charge in [0.05, 0.1) is 6.54 Å². The zero-order valence-corrected chi connectivity index (χ0v) is 7.64. The van der Waals surface area contributed by atoms with Crippen LogP contribution in [0.3, 0.4) is 0 Å². The van der Waals surface area contributed by atoms with Crippen molar-refractivity contribution in [2.75, 3.05) is 32.7 Å². The van der Waals surface area contributed by atoms with Crippen LogP contribution in [0.15, 0.2) is 0 Å². The topological polar surface area (TPSA) is 81.1 Å². The van der Waals surface area contributed by atoms with Crippen LogP contribution in [-0.2, 0) is 4.79 Å². The molecule has 2 heterocycles. The van der Waals surface area contributed by atoms with E-state index < -0.39 is 12.1 Å². The summed E-state index contributed by atoms with van der Waals surface area (Å²) in [6.07, 6.45) is -0.882. The van der Waals surface area contributed by atoms with Crippen LogP contribution in [0, 0.1) is 5.41 Å². The summed E-state index contributed by atoms with van der Waals surface area (Å²) in [5, 5.41) is 17.1. The highest BCUT2D eigenvalue weighted by atomic mass is 16.4. The van der Waals surface area contributed by atoms with E-state index in [-0.39, 0.29) is 12.0 Å². The molecule has 0 unspecified atom stereocenters. The van der Waals surface area contributed by atoms with Crippen LogP contribution in [0.2, 0.25) is 0 Å². The van der Waals surface area contributed by atoms with Gasteiger partial charge in [0, 0.05) is 31.6 Å². The van der Waals surface area contributed by atoms with E-state index in [2.05, 4.69) is 0 Å². The summed E-state index contributed by atoms with van der Waals surface area (Å²) in [6, 6.07) is 0. The predicted octanol–water partition coefficient (Wildman–Crippen LogP) is -0.633. The first-order valence-corrected chi connectivity index (χ1v) is 4.43. The quantitative estimate of drug-likeness (QED) is 0.620. The van der Waals surface area contributed by atoms with Crippen molar-refractivity contribution in [3.8, 4) is 0 Å². The molecule has 0 radical (unpaired) electrons. The number of aliphatic carboxylic acids is 1. The van der Waals surface area contributed by atoms with E-state index in [0.29, 0.717) is 26.2 Å². The van der Waals surface area contributed by atoms with Crippen LogP contribution < -0.4 is 0 Å². The zero-order chi connectivity index (χ0) is 10.3. The van der Waals surface area contributed by atoms with Crippen LogP contribution >= 0.6 is 0 Å². The number of carbonyl (C=O) groups is 2. The van der Waals surface area contributed by atoms with E-state index >= 15 is 0 Å². The molecular weight excluding hydrogens is 188 g/mol. The SMILES string of the molecule is O=C(O)CN1CC2(C1)CN(C(=O)O)C2. The van der Waals surface area contributed by atoms with E-state index in [1.807, 2.05) is 4.90 Å². The minimum Gasteiger partial charge on any atom is -0.480 e. The summed E-state index contributed by atoms with van der Waals surface area (Å²) in [7, 11) is 0. The second-order valence-electron chi connectivity index (χ2n) is 4.18. The lowest BCUT2D eigenvalue weighted by atomic mass is 9.73. The number of rotatable bonds is 2. The number of amides is 1. The predicted molar refractivity (Wildman–Crippen MR) is 46.1 cm³/mol. The van der Waals surface area contributed by atoms with Crippen LogP contribution in [0.5, 0.6) is 0 Å². The van der Waals surface area contributed by atoms with Gasteiger partial charge in [0.1, 0.15) is 0 Å². The standard InChI is InChI=1S/C8H12N2O4/c11-6(12)1-9-2-8(3-9)4-10(5-8)7(13)14/h1-5H2,(H,11,12)(H,13,14). The fourth-order valence-electron chi connectivity index (χ4n) is 2.30. The van der Waals surface area contributed by atoms with Crippen LogP contribution in [0.25, 0.3) is 0 Å². The smallest absolute Gasteiger partial charge is 0.407 e. The molecule has 2 rings (SSSR count). The first-order chi connectivity index (χ1) is 6.51. The lowest BCUT2D eigenvalue weighted by Gasteiger charge is -2.59. The summed E-state index contributed by atoms with van der Waals surface area (Å²) in [5.74, 6) is -0.825. The molecule has 6 heteroatoms. The summed E-state index contributed by atoms with van der Waals surface area (Å²) >= 11 is 0. The molecule has 2 N–H and O–H groups in total. The van der Waals surface area contributed by atoms with Gasteiger partial charge in [-0.05, 0) is 0 Å². The summed E-state index contributed by atoms with van der Waals surface area (Å²) in [4.78, 5) is 24.0. The van der Waals surface area contributed by atoms with Crippen LogP contribution in [0.4, 0.5) is 4.79 Å². The molecule has 0 aliphatic carbocycles. The highest BCUT2D eigenvalue weighted by Gasteiger charge is 2.53. The van der Waals surface area contributed by atoms with E-state index in [0.717, 1.165) is 0 Å². The molecule has 0 saturated carbocycles. The fraction of sp³-hybridized carbons (Fsp3) is 0.750. The van der Waals surface area contributed by atoms with Gasteiger partial charge >= 0.3 is 12.1 Å². The van der Waals surface area contributed by atoms with E-state index in [9.17, 15) is 9.59 Å². The number of carboxylic acids is 1. The Morgan fingerprint density at radius 1 is 1.14 bits per heavy atom. The van der Waals surface area contributed by atoms with Gasteiger partial charge in [-0.25, -0.2) is 4.79 Å². The molecule has 78 valence electrons. The Balaban J connectivity index is 1.74. The minimum atomic E-state index is -0.882. The Hall–Kier alpha value is -1.30. The third-order valence-electron chi connectivity index (χ3n) is 2.80. The van der Waals surface area contributed by atoms with E-state index in [1.54, 1.807) is 0 Å². The van der Waals surface area contributed by atoms with Gasteiger partial charge in [-0.1, -0.05) is 0 Å². The van der Waals surface area contributed by atoms with Gasteiger partial charge in [0.2, 0.25) is 0 Å². The molecule has 1 amide bonds. The molecule has 0 bridgehead atoms. The number of likely N-dealkylation sites (tertiary alicyclic amines) is 2. The number of hydrogen-bond donors (Lipinski definition) is 2. The normalized spacial score (nSPS) is 24.1. The van der Waals surface area contributed by atoms with Crippen molar-refractivity contribution in [1.29, 1.82) is 0 Å². The van der Waals surface area contributed by atoms with Gasteiger partial charge < -0.3 is 15.1 Å². The van der Waals surface area contributed by atoms with Crippen molar-refractivity contribution in [3.05, 3.63) is 0 Å². The van der Waals surface area contributed by atoms with Crippen molar-refractivity contribution in [1.82, 2.24) is 9.80 Å². The number of nitrogens with zero attached hydrogens (tertiary/aromatic N) is 2. The Kier molecular flexibility index (Phi) is 1.88. The lowest BCUT2D eigenvalue weighted by Crippen LogP contribution is -2.73. The summed E-state index contributed by atoms with van der Waals surface area (Å²) in [5.41, 5.74) is 0.0633. The van der Waals surface area contributed by atoms with Gasteiger partial charge in [0.25, 0.3) is 0 Å². The first kappa shape index (κ1) is 9.26. The number of hydrogen-bond acceptors (Lipinski definition) is 3. The average molecular weight is 200 g/mol. The zero-order valence-electron chi connectivity index (χ0n) is 7.64. The third-order valence-corrected chi connectivity index (χ3v) is 2.80. The second-order valence-corrected chi connectivity index (χ2v) is 4.18. The molecule has 0 aromatic rings. The van der Waals surface area contributed by atoms with Crippen molar-refractivity contribution >= 4 is 12.1 Å². The van der Waals surface area contributed by atoms with Crippen molar-refractivity contribution in [3.63, 3.8) is 0 Å². The molecule has 2 saturated heterocycles. The average Bonchev–Trinajstić information content (AvgIpc) is 1.89. The Bertz CT molecular complexity index is 277. The molecule has 0 aromatic heterocycles. The number of carboxylic acid groups (broad SMARTS) is 2. The lowest BCUT2D eigenvalue weighted by molar-refractivity contribution is -0.147. The molecule has 2 fully saturated rings. The second kappa shape index (κ2) is 2.84. The largest absolute Gasteiger partial charge is 0.480 e. The summed E-state index contributed by atoms with van der Waals surface area (Å²) < 4.78 is 0. The van der Waals surface area contributed by atoms with Crippen LogP contribution in [-0.4, -0.2) is 64.8 Å². The molecule has 1 spiro atoms. The van der Waals surface area contributed by atoms with Crippen molar-refractivity contribution in [2.24, 2.45) is 5.41 Å². The molecule has 2 aliphatic rings. The molecular formula is C8H12N2O4. The van der Waals surface area contributed by atoms with E-state index in [1.165, 1.54) is 4.90 Å². The summed E-state index contributed by atoms with van der Waals surface area (Å²) in [6.45, 7) is 2.60. The maximum absolute atomic E-state index is 10.5. The molecule has 0 atom stereocenters. The first-order valence-electron chi connectivity index (χ1n) is 4.43. The maximum atomic E-state index is 10.5. The molecule has 0 aromatic carbocycles. The molecule has 6 nitrogen and oxygen atoms in total. The Morgan fingerprint density at radius 3 is 2.14 bits per heavy atom. The van der Waals surface area contributed by atoms with Crippen molar-refractivity contribution < 1.29 is 19.8 Å².